The molecule has 0 amide bonds. The van der Waals surface area contributed by atoms with Crippen molar-refractivity contribution >= 4 is 31.2 Å². The van der Waals surface area contributed by atoms with Crippen molar-refractivity contribution in [3.8, 4) is 44.8 Å². The first kappa shape index (κ1) is 26.1. The molecule has 2 aromatic heterocycles. The Balaban J connectivity index is 0.00000142. The molecule has 0 fully saturated rings. The number of hydrogen-bond acceptors (Lipinski definition) is 2. The van der Waals surface area contributed by atoms with E-state index in [-0.39, 0.29) is 0 Å². The number of nitrogens with zero attached hydrogens (tertiary/aromatic N) is 2. The number of pyridine rings is 2. The van der Waals surface area contributed by atoms with Crippen LogP contribution in [0.1, 0.15) is 0 Å². The fourth-order valence-electron chi connectivity index (χ4n) is 5.14. The molecule has 0 aliphatic heterocycles. The zero-order valence-corrected chi connectivity index (χ0v) is 24.4. The van der Waals surface area contributed by atoms with Crippen LogP contribution in [0.3, 0.4) is 0 Å². The van der Waals surface area contributed by atoms with Gasteiger partial charge >= 0.3 is 28.2 Å². The Morgan fingerprint density at radius 1 is 0.475 bits per heavy atom. The second-order valence-electron chi connectivity index (χ2n) is 9.34. The van der Waals surface area contributed by atoms with Crippen LogP contribution >= 0.6 is 9.42 Å². The Morgan fingerprint density at radius 3 is 1.43 bits per heavy atom. The van der Waals surface area contributed by atoms with E-state index in [0.717, 1.165) is 66.6 Å². The van der Waals surface area contributed by atoms with Crippen LogP contribution in [0, 0.1) is 6.07 Å². The first-order chi connectivity index (χ1) is 19.8. The second-order valence-corrected chi connectivity index (χ2v) is 9.34. The number of rotatable bonds is 4. The summed E-state index contributed by atoms with van der Waals surface area (Å²) in [6.45, 7) is 0. The van der Waals surface area contributed by atoms with E-state index in [1.165, 1.54) is 0 Å². The molecule has 0 N–H and O–H groups in total. The minimum atomic E-state index is 0.887. The van der Waals surface area contributed by atoms with Gasteiger partial charge in [0.05, 0.1) is 16.7 Å². The molecule has 4 heteroatoms. The monoisotopic (exact) mass is 713 g/mol. The van der Waals surface area contributed by atoms with Crippen molar-refractivity contribution in [2.45, 2.75) is 0 Å². The topological polar surface area (TPSA) is 25.8 Å². The molecule has 0 bridgehead atoms. The van der Waals surface area contributed by atoms with Gasteiger partial charge < -0.3 is 0 Å². The molecule has 194 valence electrons. The smallest absolute Gasteiger partial charge is 0.0968 e. The quantitative estimate of drug-likeness (QED) is 0.134. The summed E-state index contributed by atoms with van der Waals surface area (Å²) in [5.74, 6) is 0. The van der Waals surface area contributed by atoms with Gasteiger partial charge in [0.2, 0.25) is 0 Å². The molecule has 0 aliphatic rings. The maximum Gasteiger partial charge on any atom is 0.0968 e. The van der Waals surface area contributed by atoms with Crippen molar-refractivity contribution in [3.05, 3.63) is 146 Å². The first-order valence-electron chi connectivity index (χ1n) is 12.9. The standard InChI is InChI=1S/C36H23N2.ClH.Pt/c1-5-13-25(14-6-1)31-23-33(27-17-9-3-10-18-27)37-35-29(31)21-22-30-32(26-15-7-2-8-16-26)24-34(38-36(30)35)28-19-11-4-12-20-28;;/h1-19,21-24H;1H;/q-1;;+2/p-1. The minimum Gasteiger partial charge on any atom is -0.294 e. The molecule has 5 aromatic carbocycles. The van der Waals surface area contributed by atoms with Gasteiger partial charge in [0, 0.05) is 16.3 Å². The third-order valence-electron chi connectivity index (χ3n) is 6.98. The predicted molar refractivity (Wildman–Crippen MR) is 163 cm³/mol. The number of aromatic nitrogens is 2. The maximum absolute atomic E-state index is 5.26. The third-order valence-corrected chi connectivity index (χ3v) is 6.98. The Kier molecular flexibility index (Phi) is 7.82. The maximum atomic E-state index is 5.26. The molecule has 2 nitrogen and oxygen atoms in total. The third kappa shape index (κ3) is 5.09. The zero-order valence-electron chi connectivity index (χ0n) is 21.4. The number of hydrogen-bond donors (Lipinski definition) is 0. The van der Waals surface area contributed by atoms with Gasteiger partial charge in [-0.1, -0.05) is 109 Å². The Morgan fingerprint density at radius 2 is 0.925 bits per heavy atom. The SMILES string of the molecule is [Cl][Pt+].[c-]1ccccc1-c1cc(-c2ccccc2)c2ccc3c(-c4ccccc4)cc(-c4ccccc4)nc3c2n1. The summed E-state index contributed by atoms with van der Waals surface area (Å²) in [7, 11) is 4.61. The summed E-state index contributed by atoms with van der Waals surface area (Å²) in [6, 6.07) is 51.6. The van der Waals surface area contributed by atoms with Crippen LogP contribution in [0.25, 0.3) is 66.6 Å². The summed E-state index contributed by atoms with van der Waals surface area (Å²) in [6.07, 6.45) is 0. The fraction of sp³-hybridized carbons (Fsp3) is 0. The van der Waals surface area contributed by atoms with E-state index in [9.17, 15) is 0 Å². The van der Waals surface area contributed by atoms with Crippen molar-refractivity contribution in [3.63, 3.8) is 0 Å². The minimum absolute atomic E-state index is 0.887. The molecular formula is C36H23ClN2Pt. The summed E-state index contributed by atoms with van der Waals surface area (Å²) < 4.78 is 0. The molecule has 7 aromatic rings. The van der Waals surface area contributed by atoms with Gasteiger partial charge in [-0.3, -0.25) is 4.98 Å². The van der Waals surface area contributed by atoms with Gasteiger partial charge in [-0.05, 0) is 34.0 Å². The van der Waals surface area contributed by atoms with Crippen LogP contribution in [0.5, 0.6) is 0 Å². The summed E-state index contributed by atoms with van der Waals surface area (Å²) in [5.41, 5.74) is 10.3. The molecule has 0 aliphatic carbocycles. The van der Waals surface area contributed by atoms with Crippen molar-refractivity contribution in [1.29, 1.82) is 0 Å². The normalized spacial score (nSPS) is 10.8. The van der Waals surface area contributed by atoms with Gasteiger partial charge in [0.1, 0.15) is 0 Å². The van der Waals surface area contributed by atoms with E-state index in [4.69, 9.17) is 9.97 Å². The van der Waals surface area contributed by atoms with E-state index in [0.29, 0.717) is 0 Å². The van der Waals surface area contributed by atoms with Gasteiger partial charge in [-0.15, -0.1) is 35.9 Å². The van der Waals surface area contributed by atoms with Crippen LogP contribution in [0.4, 0.5) is 0 Å². The number of halogens is 1. The molecule has 0 saturated carbocycles. The van der Waals surface area contributed by atoms with Crippen LogP contribution in [-0.4, -0.2) is 9.97 Å². The van der Waals surface area contributed by atoms with Crippen LogP contribution < -0.4 is 0 Å². The Hall–Kier alpha value is -4.10. The molecule has 0 saturated heterocycles. The molecule has 0 atom stereocenters. The fourth-order valence-corrected chi connectivity index (χ4v) is 5.14. The van der Waals surface area contributed by atoms with E-state index < -0.39 is 0 Å². The summed E-state index contributed by atoms with van der Waals surface area (Å²) >= 11 is 1.61. The molecular weight excluding hydrogens is 691 g/mol. The van der Waals surface area contributed by atoms with Crippen molar-refractivity contribution in [1.82, 2.24) is 9.97 Å². The van der Waals surface area contributed by atoms with E-state index in [2.05, 4.69) is 125 Å². The predicted octanol–water partition coefficient (Wildman–Crippen LogP) is 9.94. The zero-order chi connectivity index (χ0) is 27.3. The van der Waals surface area contributed by atoms with Gasteiger partial charge in [0.25, 0.3) is 0 Å². The number of benzene rings is 5. The van der Waals surface area contributed by atoms with Crippen LogP contribution in [0.15, 0.2) is 140 Å². The largest absolute Gasteiger partial charge is 0.294 e. The van der Waals surface area contributed by atoms with Gasteiger partial charge in [-0.25, -0.2) is 4.98 Å². The average molecular weight is 714 g/mol. The number of fused-ring (bicyclic) bond motifs is 3. The van der Waals surface area contributed by atoms with E-state index in [1.54, 1.807) is 18.8 Å². The van der Waals surface area contributed by atoms with Crippen molar-refractivity contribution in [2.24, 2.45) is 0 Å². The van der Waals surface area contributed by atoms with Crippen molar-refractivity contribution < 1.29 is 18.8 Å². The first-order valence-corrected chi connectivity index (χ1v) is 15.7. The molecule has 2 heterocycles. The summed E-state index contributed by atoms with van der Waals surface area (Å²) in [5, 5.41) is 2.17. The Bertz CT molecular complexity index is 1750. The Labute approximate surface area is 249 Å². The van der Waals surface area contributed by atoms with E-state index >= 15 is 0 Å². The molecule has 0 unspecified atom stereocenters. The molecule has 40 heavy (non-hydrogen) atoms. The summed E-state index contributed by atoms with van der Waals surface area (Å²) in [4.78, 5) is 10.5. The average Bonchev–Trinajstić information content (AvgIpc) is 3.06. The van der Waals surface area contributed by atoms with Crippen LogP contribution in [0.2, 0.25) is 0 Å². The van der Waals surface area contributed by atoms with Crippen LogP contribution in [-0.2, 0) is 18.8 Å². The van der Waals surface area contributed by atoms with Gasteiger partial charge in [0.15, 0.2) is 0 Å². The molecule has 0 spiro atoms. The van der Waals surface area contributed by atoms with E-state index in [1.807, 2.05) is 30.3 Å². The van der Waals surface area contributed by atoms with Gasteiger partial charge in [-0.2, -0.15) is 0 Å². The molecule has 0 radical (unpaired) electrons. The second kappa shape index (κ2) is 12.0. The van der Waals surface area contributed by atoms with Crippen molar-refractivity contribution in [2.75, 3.05) is 0 Å². The molecule has 7 rings (SSSR count).